The van der Waals surface area contributed by atoms with Gasteiger partial charge in [0.2, 0.25) is 0 Å². The van der Waals surface area contributed by atoms with Crippen LogP contribution in [-0.2, 0) is 6.42 Å². The summed E-state index contributed by atoms with van der Waals surface area (Å²) in [6.07, 6.45) is 3.40. The normalized spacial score (nSPS) is 13.8. The average Bonchev–Trinajstić information content (AvgIpc) is 3.45. The van der Waals surface area contributed by atoms with E-state index in [0.717, 1.165) is 33.8 Å². The van der Waals surface area contributed by atoms with Gasteiger partial charge >= 0.3 is 0 Å². The third-order valence-electron chi connectivity index (χ3n) is 4.74. The molecule has 3 aromatic rings. The second-order valence-corrected chi connectivity index (χ2v) is 7.26. The first kappa shape index (κ1) is 17.1. The predicted molar refractivity (Wildman–Crippen MR) is 104 cm³/mol. The van der Waals surface area contributed by atoms with Crippen LogP contribution in [0.25, 0.3) is 11.0 Å². The first-order valence-corrected chi connectivity index (χ1v) is 9.62. The first-order chi connectivity index (χ1) is 12.7. The van der Waals surface area contributed by atoms with Crippen molar-refractivity contribution in [1.29, 1.82) is 0 Å². The van der Waals surface area contributed by atoms with Gasteiger partial charge in [0.1, 0.15) is 16.9 Å². The van der Waals surface area contributed by atoms with E-state index in [2.05, 4.69) is 35.0 Å². The number of rotatable bonds is 7. The summed E-state index contributed by atoms with van der Waals surface area (Å²) in [7, 11) is 3.39. The highest BCUT2D eigenvalue weighted by atomic mass is 32.2. The fraction of sp³-hybridized carbons (Fsp3) is 0.350. The summed E-state index contributed by atoms with van der Waals surface area (Å²) in [5.41, 5.74) is 3.22. The summed E-state index contributed by atoms with van der Waals surface area (Å²) in [4.78, 5) is 1.01. The number of fused-ring (bicyclic) bond motifs is 1. The van der Waals surface area contributed by atoms with Crippen molar-refractivity contribution in [2.24, 2.45) is 0 Å². The molecule has 4 rings (SSSR count). The van der Waals surface area contributed by atoms with E-state index in [4.69, 9.17) is 14.0 Å². The number of aromatic nitrogens is 1. The fourth-order valence-corrected chi connectivity index (χ4v) is 3.96. The monoisotopic (exact) mass is 370 g/mol. The molecule has 0 amide bonds. The topological polar surface area (TPSA) is 56.5 Å². The zero-order valence-electron chi connectivity index (χ0n) is 15.2. The molecule has 0 unspecified atom stereocenters. The van der Waals surface area contributed by atoms with Crippen molar-refractivity contribution in [1.82, 2.24) is 5.16 Å². The number of hydrogen-bond donors (Lipinski definition) is 1. The minimum absolute atomic E-state index is 0.589. The molecule has 0 atom stereocenters. The highest BCUT2D eigenvalue weighted by Crippen LogP contribution is 2.48. The maximum Gasteiger partial charge on any atom is 0.191 e. The van der Waals surface area contributed by atoms with Gasteiger partial charge in [-0.25, -0.2) is 0 Å². The number of hydrogen-bond acceptors (Lipinski definition) is 6. The van der Waals surface area contributed by atoms with Crippen molar-refractivity contribution in [3.63, 3.8) is 0 Å². The second kappa shape index (κ2) is 7.11. The van der Waals surface area contributed by atoms with Crippen molar-refractivity contribution in [3.8, 4) is 11.5 Å². The van der Waals surface area contributed by atoms with Gasteiger partial charge in [-0.15, -0.1) is 0 Å². The molecule has 0 bridgehead atoms. The SMILES string of the molecule is CCc1ccc(OC)c(SNc2noc3ccc(C4CC4)c(OC)c23)c1. The summed E-state index contributed by atoms with van der Waals surface area (Å²) in [6.45, 7) is 2.14. The fourth-order valence-electron chi connectivity index (χ4n) is 3.15. The summed E-state index contributed by atoms with van der Waals surface area (Å²) < 4.78 is 20.0. The Morgan fingerprint density at radius 2 is 2.04 bits per heavy atom. The summed E-state index contributed by atoms with van der Waals surface area (Å²) in [5, 5.41) is 5.11. The Labute approximate surface area is 157 Å². The molecule has 1 aromatic heterocycles. The number of anilines is 1. The van der Waals surface area contributed by atoms with E-state index in [1.807, 2.05) is 12.1 Å². The molecule has 1 aliphatic rings. The van der Waals surface area contributed by atoms with Gasteiger partial charge in [-0.3, -0.25) is 0 Å². The van der Waals surface area contributed by atoms with Crippen molar-refractivity contribution < 1.29 is 14.0 Å². The van der Waals surface area contributed by atoms with Crippen LogP contribution < -0.4 is 14.2 Å². The van der Waals surface area contributed by atoms with Crippen molar-refractivity contribution in [3.05, 3.63) is 41.5 Å². The molecule has 1 fully saturated rings. The molecule has 1 saturated carbocycles. The van der Waals surface area contributed by atoms with E-state index in [0.29, 0.717) is 11.7 Å². The van der Waals surface area contributed by atoms with Crippen LogP contribution in [0.1, 0.15) is 36.8 Å². The van der Waals surface area contributed by atoms with Crippen LogP contribution in [0, 0.1) is 0 Å². The molecule has 136 valence electrons. The summed E-state index contributed by atoms with van der Waals surface area (Å²) >= 11 is 1.47. The quantitative estimate of drug-likeness (QED) is 0.562. The Bertz CT molecular complexity index is 934. The number of nitrogens with one attached hydrogen (secondary N) is 1. The Balaban J connectivity index is 1.67. The second-order valence-electron chi connectivity index (χ2n) is 6.41. The molecular formula is C20H22N2O3S. The third-order valence-corrected chi connectivity index (χ3v) is 5.57. The average molecular weight is 370 g/mol. The molecule has 6 heteroatoms. The van der Waals surface area contributed by atoms with Gasteiger partial charge in [-0.1, -0.05) is 24.2 Å². The molecule has 0 aliphatic heterocycles. The summed E-state index contributed by atoms with van der Waals surface area (Å²) in [6, 6.07) is 10.3. The van der Waals surface area contributed by atoms with E-state index in [9.17, 15) is 0 Å². The molecule has 1 aliphatic carbocycles. The minimum Gasteiger partial charge on any atom is -0.496 e. The smallest absolute Gasteiger partial charge is 0.191 e. The molecule has 2 aromatic carbocycles. The van der Waals surface area contributed by atoms with Gasteiger partial charge in [0.15, 0.2) is 11.4 Å². The Morgan fingerprint density at radius 3 is 2.73 bits per heavy atom. The van der Waals surface area contributed by atoms with Crippen LogP contribution >= 0.6 is 11.9 Å². The zero-order chi connectivity index (χ0) is 18.1. The van der Waals surface area contributed by atoms with E-state index in [1.54, 1.807) is 14.2 Å². The maximum atomic E-state index is 5.72. The van der Waals surface area contributed by atoms with Gasteiger partial charge in [-0.2, -0.15) is 0 Å². The number of benzene rings is 2. The molecule has 26 heavy (non-hydrogen) atoms. The van der Waals surface area contributed by atoms with E-state index >= 15 is 0 Å². The number of ether oxygens (including phenoxy) is 2. The van der Waals surface area contributed by atoms with Crippen LogP contribution in [0.2, 0.25) is 0 Å². The van der Waals surface area contributed by atoms with E-state index in [-0.39, 0.29) is 0 Å². The standard InChI is InChI=1S/C20H22N2O3S/c1-4-12-5-9-15(23-2)17(11-12)26-22-20-18-16(25-21-20)10-8-14(13-6-7-13)19(18)24-3/h5,8-11,13H,4,6-7H2,1-3H3,(H,21,22). The van der Waals surface area contributed by atoms with Crippen LogP contribution in [0.5, 0.6) is 11.5 Å². The molecule has 1 heterocycles. The van der Waals surface area contributed by atoms with Gasteiger partial charge in [-0.05, 0) is 66.5 Å². The highest BCUT2D eigenvalue weighted by molar-refractivity contribution is 8.00. The van der Waals surface area contributed by atoms with E-state index < -0.39 is 0 Å². The number of aryl methyl sites for hydroxylation is 1. The molecule has 0 radical (unpaired) electrons. The van der Waals surface area contributed by atoms with Crippen molar-refractivity contribution >= 4 is 28.7 Å². The largest absolute Gasteiger partial charge is 0.496 e. The predicted octanol–water partition coefficient (Wildman–Crippen LogP) is 5.40. The summed E-state index contributed by atoms with van der Waals surface area (Å²) in [5.74, 6) is 2.96. The molecule has 5 nitrogen and oxygen atoms in total. The van der Waals surface area contributed by atoms with Crippen LogP contribution in [-0.4, -0.2) is 19.4 Å². The lowest BCUT2D eigenvalue weighted by atomic mass is 10.1. The third kappa shape index (κ3) is 3.09. The molecule has 1 N–H and O–H groups in total. The lowest BCUT2D eigenvalue weighted by molar-refractivity contribution is 0.404. The van der Waals surface area contributed by atoms with Crippen LogP contribution in [0.4, 0.5) is 5.82 Å². The van der Waals surface area contributed by atoms with E-state index in [1.165, 1.54) is 35.9 Å². The maximum absolute atomic E-state index is 5.72. The van der Waals surface area contributed by atoms with Gasteiger partial charge < -0.3 is 18.7 Å². The minimum atomic E-state index is 0.589. The highest BCUT2D eigenvalue weighted by Gasteiger charge is 2.29. The molecule has 0 spiro atoms. The van der Waals surface area contributed by atoms with Crippen molar-refractivity contribution in [2.45, 2.75) is 37.0 Å². The number of methoxy groups -OCH3 is 2. The van der Waals surface area contributed by atoms with Crippen molar-refractivity contribution in [2.75, 3.05) is 18.9 Å². The molecule has 0 saturated heterocycles. The Hall–Kier alpha value is -2.34. The zero-order valence-corrected chi connectivity index (χ0v) is 16.0. The number of nitrogens with zero attached hydrogens (tertiary/aromatic N) is 1. The van der Waals surface area contributed by atoms with Gasteiger partial charge in [0.05, 0.1) is 19.1 Å². The van der Waals surface area contributed by atoms with Crippen LogP contribution in [0.3, 0.4) is 0 Å². The lowest BCUT2D eigenvalue weighted by Gasteiger charge is -2.11. The molecular weight excluding hydrogens is 348 g/mol. The van der Waals surface area contributed by atoms with Gasteiger partial charge in [0, 0.05) is 0 Å². The Kier molecular flexibility index (Phi) is 4.68. The van der Waals surface area contributed by atoms with Crippen LogP contribution in [0.15, 0.2) is 39.8 Å². The van der Waals surface area contributed by atoms with Gasteiger partial charge in [0.25, 0.3) is 0 Å². The first-order valence-electron chi connectivity index (χ1n) is 8.81. The Morgan fingerprint density at radius 1 is 1.19 bits per heavy atom. The lowest BCUT2D eigenvalue weighted by Crippen LogP contribution is -1.95.